The van der Waals surface area contributed by atoms with Crippen LogP contribution in [0.2, 0.25) is 0 Å². The molecule has 0 amide bonds. The Morgan fingerprint density at radius 1 is 1.00 bits per heavy atom. The molecule has 0 saturated carbocycles. The van der Waals surface area contributed by atoms with Crippen LogP contribution < -0.4 is 0 Å². The predicted octanol–water partition coefficient (Wildman–Crippen LogP) is -2.13. The van der Waals surface area contributed by atoms with Gasteiger partial charge in [-0.25, -0.2) is 0 Å². The van der Waals surface area contributed by atoms with Gasteiger partial charge in [-0.1, -0.05) is 0 Å². The molecule has 3 N–H and O–H groups in total. The standard InChI is InChI=1S/In.H3O5P.3H/c;1-6(2,3)4-5-6;;;/h;1-3H;;;. The Hall–Kier alpha value is 1.10. The maximum absolute atomic E-state index is 7.89. The zero-order chi connectivity index (χ0) is 4.86. The van der Waals surface area contributed by atoms with Gasteiger partial charge in [0.2, 0.25) is 0 Å². The summed E-state index contributed by atoms with van der Waals surface area (Å²) in [5.74, 6) is 0. The Labute approximate surface area is 57.9 Å². The third-order valence-electron chi connectivity index (χ3n) is 0.275. The van der Waals surface area contributed by atoms with Crippen molar-refractivity contribution in [3.05, 3.63) is 0 Å². The number of rotatable bonds is 0. The molecular formula is H6InO5P. The van der Waals surface area contributed by atoms with E-state index >= 15 is 0 Å². The van der Waals surface area contributed by atoms with Gasteiger partial charge in [-0.2, -0.15) is 0 Å². The molecule has 0 spiro atoms. The van der Waals surface area contributed by atoms with Crippen LogP contribution in [0.15, 0.2) is 0 Å². The van der Waals surface area contributed by atoms with Crippen molar-refractivity contribution < 1.29 is 24.0 Å². The molecule has 44 valence electrons. The van der Waals surface area contributed by atoms with Crippen molar-refractivity contribution in [2.45, 2.75) is 0 Å². The van der Waals surface area contributed by atoms with Crippen LogP contribution in [0, 0.1) is 0 Å². The molecule has 7 heteroatoms. The molecule has 0 aromatic rings. The molecule has 0 aromatic heterocycles. The Bertz CT molecular complexity index is 71.8. The van der Waals surface area contributed by atoms with Crippen molar-refractivity contribution in [1.82, 2.24) is 0 Å². The van der Waals surface area contributed by atoms with Gasteiger partial charge in [0.1, 0.15) is 0 Å². The normalized spacial score (nSPS) is 36.7. The Morgan fingerprint density at radius 3 is 1.14 bits per heavy atom. The van der Waals surface area contributed by atoms with E-state index in [1.807, 2.05) is 0 Å². The van der Waals surface area contributed by atoms with Crippen molar-refractivity contribution in [2.75, 3.05) is 0 Å². The van der Waals surface area contributed by atoms with Gasteiger partial charge < -0.3 is 0 Å². The summed E-state index contributed by atoms with van der Waals surface area (Å²) >= 11 is 0. The molecule has 7 heavy (non-hydrogen) atoms. The summed E-state index contributed by atoms with van der Waals surface area (Å²) in [6, 6.07) is 0. The summed E-state index contributed by atoms with van der Waals surface area (Å²) in [6.07, 6.45) is 0. The van der Waals surface area contributed by atoms with Crippen molar-refractivity contribution in [1.29, 1.82) is 0 Å². The zero-order valence-corrected chi connectivity index (χ0v) is 3.50. The van der Waals surface area contributed by atoms with Gasteiger partial charge in [-0.3, -0.25) is 0 Å². The second-order valence-electron chi connectivity index (χ2n) is 0.982. The third kappa shape index (κ3) is 2.81. The second-order valence-corrected chi connectivity index (χ2v) is 2.95. The van der Waals surface area contributed by atoms with E-state index in [0.29, 0.717) is 0 Å². The summed E-state index contributed by atoms with van der Waals surface area (Å²) < 4.78 is 6.76. The van der Waals surface area contributed by atoms with E-state index < -0.39 is 7.74 Å². The van der Waals surface area contributed by atoms with Crippen molar-refractivity contribution >= 4 is 33.6 Å². The fourth-order valence-electron chi connectivity index (χ4n) is 0.0447. The van der Waals surface area contributed by atoms with E-state index in [9.17, 15) is 0 Å². The molecule has 0 bridgehead atoms. The summed E-state index contributed by atoms with van der Waals surface area (Å²) in [5.41, 5.74) is 0. The van der Waals surface area contributed by atoms with Crippen molar-refractivity contribution in [2.24, 2.45) is 0 Å². The van der Waals surface area contributed by atoms with Crippen molar-refractivity contribution in [3.63, 3.8) is 0 Å². The fourth-order valence-corrected chi connectivity index (χ4v) is 0.402. The average molecular weight is 232 g/mol. The van der Waals surface area contributed by atoms with Crippen LogP contribution in [0.3, 0.4) is 0 Å². The van der Waals surface area contributed by atoms with E-state index in [0.717, 1.165) is 0 Å². The predicted molar refractivity (Wildman–Crippen MR) is 25.7 cm³/mol. The molecule has 5 nitrogen and oxygen atoms in total. The van der Waals surface area contributed by atoms with Crippen LogP contribution in [0.5, 0.6) is 0 Å². The monoisotopic (exact) mass is 232 g/mol. The molecule has 0 aliphatic carbocycles. The summed E-state index contributed by atoms with van der Waals surface area (Å²) in [7, 11) is -4.80. The molecule has 1 heterocycles. The van der Waals surface area contributed by atoms with Gasteiger partial charge >= 0.3 is 57.6 Å². The molecule has 0 radical (unpaired) electrons. The molecule has 0 aromatic carbocycles. The maximum atomic E-state index is 7.89. The molecule has 0 atom stereocenters. The van der Waals surface area contributed by atoms with E-state index in [4.69, 9.17) is 14.7 Å². The van der Waals surface area contributed by atoms with Crippen LogP contribution in [0.25, 0.3) is 0 Å². The summed E-state index contributed by atoms with van der Waals surface area (Å²) in [5, 5.41) is 0. The second kappa shape index (κ2) is 1.54. The van der Waals surface area contributed by atoms with Gasteiger partial charge in [-0.15, -0.1) is 0 Å². The Morgan fingerprint density at radius 2 is 1.14 bits per heavy atom. The van der Waals surface area contributed by atoms with Gasteiger partial charge in [0.25, 0.3) is 0 Å². The minimum atomic E-state index is -4.80. The molecule has 1 aliphatic heterocycles. The van der Waals surface area contributed by atoms with Crippen molar-refractivity contribution in [3.8, 4) is 0 Å². The van der Waals surface area contributed by atoms with Crippen LogP contribution in [0.1, 0.15) is 0 Å². The van der Waals surface area contributed by atoms with E-state index in [1.54, 1.807) is 0 Å². The number of hydrogen-bond donors (Lipinski definition) is 3. The van der Waals surface area contributed by atoms with Gasteiger partial charge in [0.05, 0.1) is 0 Å². The fraction of sp³-hybridized carbons (Fsp3) is 0. The summed E-state index contributed by atoms with van der Waals surface area (Å²) in [6.45, 7) is 0. The average Bonchev–Trinajstić information content (AvgIpc) is 1.73. The first-order valence-corrected chi connectivity index (χ1v) is 3.06. The van der Waals surface area contributed by atoms with Crippen LogP contribution >= 0.6 is 7.74 Å². The van der Waals surface area contributed by atoms with Crippen LogP contribution in [-0.2, 0) is 9.35 Å². The SMILES string of the molecule is OP1(O)(O)OO1.[InH3]. The van der Waals surface area contributed by atoms with Gasteiger partial charge in [0, 0.05) is 0 Å². The quantitative estimate of drug-likeness (QED) is 0.252. The molecular weight excluding hydrogens is 226 g/mol. The van der Waals surface area contributed by atoms with E-state index in [-0.39, 0.29) is 25.8 Å². The topological polar surface area (TPSA) is 85.8 Å². The van der Waals surface area contributed by atoms with E-state index in [2.05, 4.69) is 9.35 Å². The molecule has 1 saturated heterocycles. The molecule has 1 rings (SSSR count). The molecule has 1 aliphatic rings. The molecule has 0 unspecified atom stereocenters. The van der Waals surface area contributed by atoms with Gasteiger partial charge in [0.15, 0.2) is 0 Å². The van der Waals surface area contributed by atoms with Crippen LogP contribution in [-0.4, -0.2) is 40.5 Å². The van der Waals surface area contributed by atoms with Gasteiger partial charge in [-0.05, 0) is 0 Å². The first-order valence-electron chi connectivity index (χ1n) is 1.13. The Balaban J connectivity index is 0.000000360. The van der Waals surface area contributed by atoms with Crippen LogP contribution in [0.4, 0.5) is 0 Å². The molecule has 1 fully saturated rings. The minimum absolute atomic E-state index is 0. The zero-order valence-electron chi connectivity index (χ0n) is 2.61. The number of hydrogen-bond acceptors (Lipinski definition) is 5. The first-order chi connectivity index (χ1) is 2.47. The van der Waals surface area contributed by atoms with E-state index in [1.165, 1.54) is 0 Å². The summed E-state index contributed by atoms with van der Waals surface area (Å²) in [4.78, 5) is 23.7. The first kappa shape index (κ1) is 8.10. The third-order valence-corrected chi connectivity index (χ3v) is 0.824. The Kier molecular flexibility index (Phi) is 1.78.